The number of rotatable bonds is 1. The standard InChI is InChI=1S/C7H8BrN.HI/c8-7(9)6-4-2-1-3-5-6;/h1-5,7H,9H2;1H. The van der Waals surface area contributed by atoms with Crippen LogP contribution < -0.4 is 5.73 Å². The van der Waals surface area contributed by atoms with Gasteiger partial charge in [-0.15, -0.1) is 24.0 Å². The van der Waals surface area contributed by atoms with Crippen LogP contribution in [0, 0.1) is 0 Å². The van der Waals surface area contributed by atoms with Crippen molar-refractivity contribution in [1.29, 1.82) is 0 Å². The van der Waals surface area contributed by atoms with Gasteiger partial charge in [-0.3, -0.25) is 0 Å². The van der Waals surface area contributed by atoms with Crippen LogP contribution in [0.5, 0.6) is 0 Å². The monoisotopic (exact) mass is 313 g/mol. The maximum atomic E-state index is 5.53. The van der Waals surface area contributed by atoms with Gasteiger partial charge in [-0.05, 0) is 5.56 Å². The van der Waals surface area contributed by atoms with Crippen molar-refractivity contribution in [3.8, 4) is 0 Å². The Morgan fingerprint density at radius 3 is 2.00 bits per heavy atom. The van der Waals surface area contributed by atoms with Gasteiger partial charge in [0.2, 0.25) is 0 Å². The summed E-state index contributed by atoms with van der Waals surface area (Å²) < 4.78 is 0. The molecule has 3 heteroatoms. The van der Waals surface area contributed by atoms with E-state index in [4.69, 9.17) is 5.73 Å². The third-order valence-electron chi connectivity index (χ3n) is 1.12. The molecule has 0 aliphatic rings. The van der Waals surface area contributed by atoms with Gasteiger partial charge in [0, 0.05) is 0 Å². The van der Waals surface area contributed by atoms with Crippen molar-refractivity contribution in [3.63, 3.8) is 0 Å². The number of benzene rings is 1. The zero-order valence-electron chi connectivity index (χ0n) is 5.33. The van der Waals surface area contributed by atoms with E-state index in [0.717, 1.165) is 5.56 Å². The van der Waals surface area contributed by atoms with E-state index in [1.165, 1.54) is 0 Å². The lowest BCUT2D eigenvalue weighted by Gasteiger charge is -2.00. The van der Waals surface area contributed by atoms with Gasteiger partial charge < -0.3 is 5.73 Å². The second kappa shape index (κ2) is 5.09. The number of alkyl halides is 1. The molecule has 1 atom stereocenters. The summed E-state index contributed by atoms with van der Waals surface area (Å²) in [5.74, 6) is 0. The smallest absolute Gasteiger partial charge is 0.0861 e. The van der Waals surface area contributed by atoms with Gasteiger partial charge in [0.05, 0.1) is 4.95 Å². The fourth-order valence-electron chi connectivity index (χ4n) is 0.637. The van der Waals surface area contributed by atoms with Crippen LogP contribution in [0.3, 0.4) is 0 Å². The first-order valence-corrected chi connectivity index (χ1v) is 3.67. The Kier molecular flexibility index (Phi) is 5.29. The molecular formula is C7H9BrIN. The number of hydrogen-bond acceptors (Lipinski definition) is 1. The van der Waals surface area contributed by atoms with Crippen LogP contribution in [0.1, 0.15) is 10.5 Å². The predicted molar refractivity (Wildman–Crippen MR) is 57.7 cm³/mol. The highest BCUT2D eigenvalue weighted by Gasteiger charge is 1.95. The molecule has 0 aliphatic carbocycles. The zero-order valence-corrected chi connectivity index (χ0v) is 9.24. The first kappa shape index (κ1) is 10.4. The van der Waals surface area contributed by atoms with E-state index >= 15 is 0 Å². The van der Waals surface area contributed by atoms with Gasteiger partial charge in [-0.2, -0.15) is 0 Å². The summed E-state index contributed by atoms with van der Waals surface area (Å²) in [6, 6.07) is 9.88. The molecule has 1 aromatic rings. The molecule has 0 spiro atoms. The summed E-state index contributed by atoms with van der Waals surface area (Å²) in [5, 5.41) is 0. The molecule has 0 heterocycles. The van der Waals surface area contributed by atoms with E-state index in [1.54, 1.807) is 0 Å². The quantitative estimate of drug-likeness (QED) is 0.481. The molecule has 10 heavy (non-hydrogen) atoms. The van der Waals surface area contributed by atoms with E-state index in [9.17, 15) is 0 Å². The fourth-order valence-corrected chi connectivity index (χ4v) is 0.942. The third kappa shape index (κ3) is 2.98. The molecule has 0 aliphatic heterocycles. The van der Waals surface area contributed by atoms with Crippen molar-refractivity contribution in [2.24, 2.45) is 5.73 Å². The van der Waals surface area contributed by atoms with Crippen LogP contribution in [0.4, 0.5) is 0 Å². The second-order valence-corrected chi connectivity index (χ2v) is 2.80. The number of nitrogens with two attached hydrogens (primary N) is 1. The maximum Gasteiger partial charge on any atom is 0.0861 e. The van der Waals surface area contributed by atoms with Gasteiger partial charge in [0.15, 0.2) is 0 Å². The number of halogens is 2. The molecular weight excluding hydrogens is 305 g/mol. The molecule has 0 fully saturated rings. The molecule has 0 bridgehead atoms. The first-order chi connectivity index (χ1) is 4.30. The van der Waals surface area contributed by atoms with Gasteiger partial charge in [0.25, 0.3) is 0 Å². The van der Waals surface area contributed by atoms with Crippen molar-refractivity contribution in [1.82, 2.24) is 0 Å². The lowest BCUT2D eigenvalue weighted by atomic mass is 10.2. The Balaban J connectivity index is 0.000000810. The summed E-state index contributed by atoms with van der Waals surface area (Å²) in [6.45, 7) is 0. The third-order valence-corrected chi connectivity index (χ3v) is 1.65. The Morgan fingerprint density at radius 1 is 1.20 bits per heavy atom. The molecule has 1 nitrogen and oxygen atoms in total. The molecule has 0 amide bonds. The van der Waals surface area contributed by atoms with Gasteiger partial charge >= 0.3 is 0 Å². The molecule has 0 aromatic heterocycles. The maximum absolute atomic E-state index is 5.53. The van der Waals surface area contributed by atoms with Crippen LogP contribution in [0.25, 0.3) is 0 Å². The molecule has 0 saturated heterocycles. The predicted octanol–water partition coefficient (Wildman–Crippen LogP) is 2.66. The van der Waals surface area contributed by atoms with E-state index in [-0.39, 0.29) is 28.9 Å². The van der Waals surface area contributed by atoms with Crippen molar-refractivity contribution >= 4 is 39.9 Å². The SMILES string of the molecule is I.NC(Br)c1ccccc1. The minimum absolute atomic E-state index is 0. The van der Waals surface area contributed by atoms with Crippen molar-refractivity contribution in [2.45, 2.75) is 4.95 Å². The van der Waals surface area contributed by atoms with E-state index in [2.05, 4.69) is 15.9 Å². The molecule has 0 saturated carbocycles. The second-order valence-electron chi connectivity index (χ2n) is 1.81. The summed E-state index contributed by atoms with van der Waals surface area (Å²) in [5.41, 5.74) is 6.64. The molecule has 1 rings (SSSR count). The Bertz CT molecular complexity index is 176. The summed E-state index contributed by atoms with van der Waals surface area (Å²) in [6.07, 6.45) is 0. The van der Waals surface area contributed by atoms with E-state index < -0.39 is 0 Å². The van der Waals surface area contributed by atoms with E-state index in [0.29, 0.717) is 0 Å². The molecule has 1 unspecified atom stereocenters. The lowest BCUT2D eigenvalue weighted by Crippen LogP contribution is -1.99. The average Bonchev–Trinajstić information content (AvgIpc) is 1.90. The van der Waals surface area contributed by atoms with Crippen LogP contribution in [0.2, 0.25) is 0 Å². The summed E-state index contributed by atoms with van der Waals surface area (Å²) in [7, 11) is 0. The Morgan fingerprint density at radius 2 is 1.70 bits per heavy atom. The minimum Gasteiger partial charge on any atom is -0.315 e. The van der Waals surface area contributed by atoms with Crippen LogP contribution >= 0.6 is 39.9 Å². The van der Waals surface area contributed by atoms with Gasteiger partial charge in [0.1, 0.15) is 0 Å². The lowest BCUT2D eigenvalue weighted by molar-refractivity contribution is 1.06. The first-order valence-electron chi connectivity index (χ1n) is 2.75. The highest BCUT2D eigenvalue weighted by Crippen LogP contribution is 2.14. The molecule has 0 radical (unpaired) electrons. The summed E-state index contributed by atoms with van der Waals surface area (Å²) in [4.78, 5) is -0.0290. The van der Waals surface area contributed by atoms with Crippen LogP contribution in [-0.4, -0.2) is 0 Å². The van der Waals surface area contributed by atoms with E-state index in [1.807, 2.05) is 30.3 Å². The molecule has 56 valence electrons. The zero-order chi connectivity index (χ0) is 6.69. The fraction of sp³-hybridized carbons (Fsp3) is 0.143. The van der Waals surface area contributed by atoms with Crippen molar-refractivity contribution in [3.05, 3.63) is 35.9 Å². The largest absolute Gasteiger partial charge is 0.315 e. The average molecular weight is 314 g/mol. The highest BCUT2D eigenvalue weighted by molar-refractivity contribution is 14.0. The molecule has 1 aromatic carbocycles. The Hall–Kier alpha value is 0.390. The van der Waals surface area contributed by atoms with Gasteiger partial charge in [-0.25, -0.2) is 0 Å². The Labute approximate surface area is 86.1 Å². The number of hydrogen-bond donors (Lipinski definition) is 1. The summed E-state index contributed by atoms with van der Waals surface area (Å²) >= 11 is 3.26. The van der Waals surface area contributed by atoms with Crippen molar-refractivity contribution < 1.29 is 0 Å². The highest BCUT2D eigenvalue weighted by atomic mass is 127. The minimum atomic E-state index is -0.0290. The van der Waals surface area contributed by atoms with Crippen LogP contribution in [0.15, 0.2) is 30.3 Å². The van der Waals surface area contributed by atoms with Crippen molar-refractivity contribution in [2.75, 3.05) is 0 Å². The molecule has 2 N–H and O–H groups in total. The van der Waals surface area contributed by atoms with Crippen LogP contribution in [-0.2, 0) is 0 Å². The topological polar surface area (TPSA) is 26.0 Å². The van der Waals surface area contributed by atoms with Gasteiger partial charge in [-0.1, -0.05) is 46.3 Å². The normalized spacial score (nSPS) is 11.8.